The highest BCUT2D eigenvalue weighted by atomic mass is 16.5. The number of likely N-dealkylation sites (tertiary alicyclic amines) is 1. The average molecular weight is 181 g/mol. The molecule has 0 aromatic rings. The van der Waals surface area contributed by atoms with Crippen LogP contribution in [0.5, 0.6) is 0 Å². The number of hydrogen-bond donors (Lipinski definition) is 0. The van der Waals surface area contributed by atoms with Gasteiger partial charge in [0.15, 0.2) is 0 Å². The van der Waals surface area contributed by atoms with Crippen LogP contribution in [0.15, 0.2) is 12.7 Å². The minimum atomic E-state index is 0.0605. The Hall–Kier alpha value is -0.830. The second kappa shape index (κ2) is 3.50. The number of amides is 1. The molecule has 0 saturated carbocycles. The van der Waals surface area contributed by atoms with Crippen molar-refractivity contribution in [1.29, 1.82) is 0 Å². The highest BCUT2D eigenvalue weighted by Gasteiger charge is 2.34. The predicted molar refractivity (Wildman–Crippen MR) is 49.2 cm³/mol. The van der Waals surface area contributed by atoms with Crippen molar-refractivity contribution in [2.24, 2.45) is 11.8 Å². The van der Waals surface area contributed by atoms with Crippen molar-refractivity contribution >= 4 is 5.91 Å². The van der Waals surface area contributed by atoms with Gasteiger partial charge >= 0.3 is 0 Å². The van der Waals surface area contributed by atoms with Crippen molar-refractivity contribution in [2.45, 2.75) is 6.42 Å². The number of carbonyl (C=O) groups excluding carboxylic acids is 1. The molecule has 3 nitrogen and oxygen atoms in total. The fourth-order valence-corrected chi connectivity index (χ4v) is 2.19. The van der Waals surface area contributed by atoms with Crippen LogP contribution in [0.2, 0.25) is 0 Å². The molecule has 2 aliphatic heterocycles. The van der Waals surface area contributed by atoms with Crippen molar-refractivity contribution in [1.82, 2.24) is 4.90 Å². The molecule has 2 atom stereocenters. The third kappa shape index (κ3) is 1.61. The van der Waals surface area contributed by atoms with Crippen molar-refractivity contribution in [3.05, 3.63) is 12.7 Å². The van der Waals surface area contributed by atoms with E-state index in [1.165, 1.54) is 6.08 Å². The first kappa shape index (κ1) is 8.75. The standard InChI is InChI=1S/C10H15NO2/c1-2-10(12)11-4-3-8-6-13-7-9(8)5-11/h2,8-9H,1,3-7H2. The van der Waals surface area contributed by atoms with Gasteiger partial charge < -0.3 is 9.64 Å². The molecule has 2 heterocycles. The van der Waals surface area contributed by atoms with Crippen LogP contribution in [-0.4, -0.2) is 37.1 Å². The summed E-state index contributed by atoms with van der Waals surface area (Å²) in [5, 5.41) is 0. The number of carbonyl (C=O) groups is 1. The summed E-state index contributed by atoms with van der Waals surface area (Å²) in [6.07, 6.45) is 2.49. The molecule has 0 bridgehead atoms. The summed E-state index contributed by atoms with van der Waals surface area (Å²) in [7, 11) is 0. The van der Waals surface area contributed by atoms with Crippen LogP contribution in [0.25, 0.3) is 0 Å². The number of hydrogen-bond acceptors (Lipinski definition) is 2. The molecule has 0 N–H and O–H groups in total. The van der Waals surface area contributed by atoms with Crippen LogP contribution in [0.3, 0.4) is 0 Å². The molecule has 1 amide bonds. The Morgan fingerprint density at radius 3 is 3.00 bits per heavy atom. The lowest BCUT2D eigenvalue weighted by Crippen LogP contribution is -2.42. The molecular weight excluding hydrogens is 166 g/mol. The molecule has 2 unspecified atom stereocenters. The van der Waals surface area contributed by atoms with E-state index in [0.29, 0.717) is 11.8 Å². The van der Waals surface area contributed by atoms with Gasteiger partial charge in [-0.2, -0.15) is 0 Å². The fourth-order valence-electron chi connectivity index (χ4n) is 2.19. The van der Waals surface area contributed by atoms with E-state index >= 15 is 0 Å². The van der Waals surface area contributed by atoms with Gasteiger partial charge in [-0.1, -0.05) is 6.58 Å². The molecule has 3 heteroatoms. The average Bonchev–Trinajstić information content (AvgIpc) is 2.63. The summed E-state index contributed by atoms with van der Waals surface area (Å²) in [5.74, 6) is 1.32. The maximum atomic E-state index is 11.3. The van der Waals surface area contributed by atoms with Gasteiger partial charge in [-0.3, -0.25) is 4.79 Å². The molecule has 72 valence electrons. The van der Waals surface area contributed by atoms with Gasteiger partial charge in [0.1, 0.15) is 0 Å². The monoisotopic (exact) mass is 181 g/mol. The largest absolute Gasteiger partial charge is 0.381 e. The molecular formula is C10H15NO2. The number of piperidine rings is 1. The fraction of sp³-hybridized carbons (Fsp3) is 0.700. The highest BCUT2D eigenvalue weighted by Crippen LogP contribution is 2.29. The number of nitrogens with zero attached hydrogens (tertiary/aromatic N) is 1. The molecule has 2 saturated heterocycles. The summed E-state index contributed by atoms with van der Waals surface area (Å²) in [4.78, 5) is 13.2. The second-order valence-corrected chi connectivity index (χ2v) is 3.83. The SMILES string of the molecule is C=CC(=O)N1CCC2COCC2C1. The second-order valence-electron chi connectivity index (χ2n) is 3.83. The molecule has 2 rings (SSSR count). The first-order valence-corrected chi connectivity index (χ1v) is 4.80. The lowest BCUT2D eigenvalue weighted by atomic mass is 9.89. The number of rotatable bonds is 1. The van der Waals surface area contributed by atoms with Gasteiger partial charge in [0.05, 0.1) is 6.61 Å². The topological polar surface area (TPSA) is 29.5 Å². The Morgan fingerprint density at radius 1 is 1.46 bits per heavy atom. The van der Waals surface area contributed by atoms with Gasteiger partial charge in [0, 0.05) is 25.6 Å². The predicted octanol–water partition coefficient (Wildman–Crippen LogP) is 0.667. The molecule has 2 aliphatic rings. The molecule has 0 aromatic heterocycles. The van der Waals surface area contributed by atoms with Crippen molar-refractivity contribution in [2.75, 3.05) is 26.3 Å². The zero-order chi connectivity index (χ0) is 9.26. The minimum Gasteiger partial charge on any atom is -0.381 e. The van der Waals surface area contributed by atoms with E-state index < -0.39 is 0 Å². The quantitative estimate of drug-likeness (QED) is 0.556. The smallest absolute Gasteiger partial charge is 0.245 e. The van der Waals surface area contributed by atoms with Crippen molar-refractivity contribution < 1.29 is 9.53 Å². The van der Waals surface area contributed by atoms with Crippen LogP contribution >= 0.6 is 0 Å². The van der Waals surface area contributed by atoms with Gasteiger partial charge in [0.2, 0.25) is 5.91 Å². The Labute approximate surface area is 78.4 Å². The van der Waals surface area contributed by atoms with E-state index in [9.17, 15) is 4.79 Å². The molecule has 13 heavy (non-hydrogen) atoms. The van der Waals surface area contributed by atoms with E-state index in [4.69, 9.17) is 4.74 Å². The summed E-state index contributed by atoms with van der Waals surface area (Å²) in [6.45, 7) is 6.94. The Morgan fingerprint density at radius 2 is 2.23 bits per heavy atom. The summed E-state index contributed by atoms with van der Waals surface area (Å²) in [6, 6.07) is 0. The minimum absolute atomic E-state index is 0.0605. The molecule has 0 radical (unpaired) electrons. The van der Waals surface area contributed by atoms with Crippen molar-refractivity contribution in [3.63, 3.8) is 0 Å². The van der Waals surface area contributed by atoms with E-state index in [0.717, 1.165) is 32.7 Å². The van der Waals surface area contributed by atoms with Gasteiger partial charge in [-0.05, 0) is 18.4 Å². The van der Waals surface area contributed by atoms with Crippen LogP contribution in [0.1, 0.15) is 6.42 Å². The lowest BCUT2D eigenvalue weighted by molar-refractivity contribution is -0.128. The Balaban J connectivity index is 1.96. The maximum Gasteiger partial charge on any atom is 0.245 e. The summed E-state index contributed by atoms with van der Waals surface area (Å²) >= 11 is 0. The van der Waals surface area contributed by atoms with E-state index in [1.54, 1.807) is 0 Å². The normalized spacial score (nSPS) is 32.8. The van der Waals surface area contributed by atoms with E-state index in [2.05, 4.69) is 6.58 Å². The number of ether oxygens (including phenoxy) is 1. The first-order valence-electron chi connectivity index (χ1n) is 4.80. The summed E-state index contributed by atoms with van der Waals surface area (Å²) < 4.78 is 5.39. The maximum absolute atomic E-state index is 11.3. The van der Waals surface area contributed by atoms with Gasteiger partial charge in [-0.15, -0.1) is 0 Å². The zero-order valence-corrected chi connectivity index (χ0v) is 7.74. The van der Waals surface area contributed by atoms with Crippen LogP contribution in [-0.2, 0) is 9.53 Å². The van der Waals surface area contributed by atoms with Crippen LogP contribution in [0, 0.1) is 11.8 Å². The highest BCUT2D eigenvalue weighted by molar-refractivity contribution is 5.87. The van der Waals surface area contributed by atoms with E-state index in [1.807, 2.05) is 4.90 Å². The molecule has 0 aromatic carbocycles. The third-order valence-corrected chi connectivity index (χ3v) is 3.04. The lowest BCUT2D eigenvalue weighted by Gasteiger charge is -2.33. The molecule has 0 spiro atoms. The zero-order valence-electron chi connectivity index (χ0n) is 7.74. The van der Waals surface area contributed by atoms with E-state index in [-0.39, 0.29) is 5.91 Å². The van der Waals surface area contributed by atoms with Crippen LogP contribution in [0.4, 0.5) is 0 Å². The first-order chi connectivity index (χ1) is 6.31. The summed E-state index contributed by atoms with van der Waals surface area (Å²) in [5.41, 5.74) is 0. The number of fused-ring (bicyclic) bond motifs is 1. The van der Waals surface area contributed by atoms with Crippen LogP contribution < -0.4 is 0 Å². The molecule has 2 fully saturated rings. The van der Waals surface area contributed by atoms with Gasteiger partial charge in [-0.25, -0.2) is 0 Å². The Kier molecular flexibility index (Phi) is 2.36. The Bertz CT molecular complexity index is 227. The molecule has 0 aliphatic carbocycles. The van der Waals surface area contributed by atoms with Gasteiger partial charge in [0.25, 0.3) is 0 Å². The van der Waals surface area contributed by atoms with Crippen molar-refractivity contribution in [3.8, 4) is 0 Å². The third-order valence-electron chi connectivity index (χ3n) is 3.04.